The first-order valence-corrected chi connectivity index (χ1v) is 18.4. The van der Waals surface area contributed by atoms with Crippen LogP contribution >= 0.6 is 11.8 Å². The van der Waals surface area contributed by atoms with E-state index in [0.29, 0.717) is 48.7 Å². The minimum atomic E-state index is -3.50. The molecule has 1 amide bonds. The number of aryl methyl sites for hydroxylation is 1. The lowest BCUT2D eigenvalue weighted by atomic mass is 9.87. The Morgan fingerprint density at radius 1 is 1.05 bits per heavy atom. The fourth-order valence-electron chi connectivity index (χ4n) is 5.73. The van der Waals surface area contributed by atoms with Crippen LogP contribution in [0, 0.1) is 12.8 Å². The lowest BCUT2D eigenvalue weighted by molar-refractivity contribution is -0.139. The van der Waals surface area contributed by atoms with Gasteiger partial charge in [-0.05, 0) is 99.1 Å². The van der Waals surface area contributed by atoms with Crippen LogP contribution in [0.5, 0.6) is 0 Å². The van der Waals surface area contributed by atoms with E-state index >= 15 is 0 Å². The summed E-state index contributed by atoms with van der Waals surface area (Å²) in [5.74, 6) is -0.267. The second-order valence-electron chi connectivity index (χ2n) is 11.9. The minimum Gasteiger partial charge on any atom is -0.480 e. The number of sulfonamides is 1. The van der Waals surface area contributed by atoms with Crippen molar-refractivity contribution in [3.8, 4) is 11.1 Å². The van der Waals surface area contributed by atoms with E-state index in [1.165, 1.54) is 31.0 Å². The maximum Gasteiger partial charge on any atom is 0.326 e. The quantitative estimate of drug-likeness (QED) is 0.232. The molecule has 2 aromatic carbocycles. The fourth-order valence-corrected chi connectivity index (χ4v) is 7.68. The molecule has 238 valence electrons. The summed E-state index contributed by atoms with van der Waals surface area (Å²) in [6.07, 6.45) is 9.63. The summed E-state index contributed by atoms with van der Waals surface area (Å²) < 4.78 is 28.9. The lowest BCUT2D eigenvalue weighted by Crippen LogP contribution is -2.41. The zero-order chi connectivity index (χ0) is 31.4. The number of nitrogens with one attached hydrogen (secondary N) is 1. The van der Waals surface area contributed by atoms with E-state index in [-0.39, 0.29) is 12.3 Å². The number of carbonyl (C=O) groups excluding carboxylic acids is 1. The summed E-state index contributed by atoms with van der Waals surface area (Å²) in [6, 6.07) is 12.2. The number of carbonyl (C=O) groups is 2. The second kappa shape index (κ2) is 17.2. The molecule has 1 aliphatic rings. The fraction of sp³-hybridized carbons (Fsp3) is 0.576. The number of hydrogen-bond donors (Lipinski definition) is 2. The molecule has 2 N–H and O–H groups in total. The molecule has 0 bridgehead atoms. The molecule has 2 aromatic rings. The van der Waals surface area contributed by atoms with Gasteiger partial charge in [0.1, 0.15) is 6.04 Å². The van der Waals surface area contributed by atoms with E-state index in [9.17, 15) is 23.1 Å². The van der Waals surface area contributed by atoms with E-state index in [4.69, 9.17) is 0 Å². The van der Waals surface area contributed by atoms with Crippen LogP contribution in [0.1, 0.15) is 72.9 Å². The molecule has 0 radical (unpaired) electrons. The Morgan fingerprint density at radius 2 is 1.77 bits per heavy atom. The lowest BCUT2D eigenvalue weighted by Gasteiger charge is -2.27. The maximum atomic E-state index is 13.6. The van der Waals surface area contributed by atoms with Crippen molar-refractivity contribution in [1.82, 2.24) is 14.5 Å². The van der Waals surface area contributed by atoms with E-state index < -0.39 is 27.9 Å². The van der Waals surface area contributed by atoms with Gasteiger partial charge >= 0.3 is 5.97 Å². The topological polar surface area (TPSA) is 107 Å². The zero-order valence-corrected chi connectivity index (χ0v) is 27.8. The number of rotatable bonds is 17. The summed E-state index contributed by atoms with van der Waals surface area (Å²) in [6.45, 7) is 3.37. The van der Waals surface area contributed by atoms with Crippen LogP contribution < -0.4 is 5.32 Å². The van der Waals surface area contributed by atoms with E-state index in [1.807, 2.05) is 62.5 Å². The van der Waals surface area contributed by atoms with Crippen molar-refractivity contribution < 1.29 is 23.1 Å². The SMILES string of the molecule is CSCC[C@H](NC(=O)c1ccc(CN(CCC2CCCCC2)S(=O)(=O)CCCN(C)C)cc1-c1ccccc1C)C(=O)O. The molecular formula is C33H49N3O5S2. The van der Waals surface area contributed by atoms with E-state index in [1.54, 1.807) is 16.4 Å². The Hall–Kier alpha value is -2.40. The Kier molecular flexibility index (Phi) is 14.0. The Balaban J connectivity index is 1.94. The zero-order valence-electron chi connectivity index (χ0n) is 26.2. The number of nitrogens with zero attached hydrogens (tertiary/aromatic N) is 2. The molecule has 1 fully saturated rings. The number of benzene rings is 2. The third-order valence-corrected chi connectivity index (χ3v) is 10.8. The van der Waals surface area contributed by atoms with Gasteiger partial charge in [-0.1, -0.05) is 62.4 Å². The van der Waals surface area contributed by atoms with Crippen molar-refractivity contribution in [2.45, 2.75) is 70.9 Å². The van der Waals surface area contributed by atoms with Crippen LogP contribution in [0.25, 0.3) is 11.1 Å². The molecule has 3 rings (SSSR count). The van der Waals surface area contributed by atoms with Crippen LogP contribution in [-0.2, 0) is 21.4 Å². The van der Waals surface area contributed by atoms with Crippen molar-refractivity contribution in [2.24, 2.45) is 5.92 Å². The molecule has 0 unspecified atom stereocenters. The second-order valence-corrected chi connectivity index (χ2v) is 15.0. The Labute approximate surface area is 262 Å². The molecule has 8 nitrogen and oxygen atoms in total. The number of amides is 1. The highest BCUT2D eigenvalue weighted by Gasteiger charge is 2.26. The van der Waals surface area contributed by atoms with Gasteiger partial charge in [-0.25, -0.2) is 13.2 Å². The molecule has 43 heavy (non-hydrogen) atoms. The molecular weight excluding hydrogens is 583 g/mol. The molecule has 1 saturated carbocycles. The van der Waals surface area contributed by atoms with Crippen molar-refractivity contribution in [2.75, 3.05) is 44.9 Å². The van der Waals surface area contributed by atoms with Crippen molar-refractivity contribution >= 4 is 33.7 Å². The number of hydrogen-bond acceptors (Lipinski definition) is 6. The number of carboxylic acids is 1. The average molecular weight is 632 g/mol. The molecule has 0 spiro atoms. The van der Waals surface area contributed by atoms with Gasteiger partial charge in [0.25, 0.3) is 5.91 Å². The van der Waals surface area contributed by atoms with Gasteiger partial charge in [0.05, 0.1) is 5.75 Å². The molecule has 0 heterocycles. The van der Waals surface area contributed by atoms with Gasteiger partial charge in [0, 0.05) is 18.7 Å². The predicted octanol–water partition coefficient (Wildman–Crippen LogP) is 5.65. The van der Waals surface area contributed by atoms with Crippen molar-refractivity contribution in [1.29, 1.82) is 0 Å². The normalized spacial score (nSPS) is 15.1. The molecule has 0 aromatic heterocycles. The van der Waals surface area contributed by atoms with Crippen molar-refractivity contribution in [3.63, 3.8) is 0 Å². The first kappa shape index (κ1) is 35.1. The number of thioether (sulfide) groups is 1. The molecule has 1 aliphatic carbocycles. The van der Waals surface area contributed by atoms with Gasteiger partial charge in [0.2, 0.25) is 10.0 Å². The van der Waals surface area contributed by atoms with Gasteiger partial charge < -0.3 is 15.3 Å². The standard InChI is InChI=1S/C33H49N3O5S2/c1-25-11-8-9-14-28(25)30-23-27(15-16-29(30)32(37)34-31(33(38)39)18-21-42-4)24-36(20-17-26-12-6-5-7-13-26)43(40,41)22-10-19-35(2)3/h8-9,11,14-16,23,26,31H,5-7,10,12-13,17-22,24H2,1-4H3,(H,34,37)(H,38,39)/t31-/m0/s1. The molecule has 1 atom stereocenters. The Morgan fingerprint density at radius 3 is 2.42 bits per heavy atom. The third kappa shape index (κ3) is 10.9. The summed E-state index contributed by atoms with van der Waals surface area (Å²) >= 11 is 1.53. The molecule has 10 heteroatoms. The monoisotopic (exact) mass is 631 g/mol. The number of carboxylic acid groups (broad SMARTS) is 1. The smallest absolute Gasteiger partial charge is 0.326 e. The van der Waals surface area contributed by atoms with Gasteiger partial charge in [-0.15, -0.1) is 0 Å². The van der Waals surface area contributed by atoms with Crippen LogP contribution in [0.15, 0.2) is 42.5 Å². The minimum absolute atomic E-state index is 0.0909. The van der Waals surface area contributed by atoms with Crippen molar-refractivity contribution in [3.05, 3.63) is 59.2 Å². The summed E-state index contributed by atoms with van der Waals surface area (Å²) in [4.78, 5) is 27.3. The highest BCUT2D eigenvalue weighted by atomic mass is 32.2. The van der Waals surface area contributed by atoms with Crippen LogP contribution in [0.3, 0.4) is 0 Å². The van der Waals surface area contributed by atoms with Gasteiger partial charge in [-0.2, -0.15) is 16.1 Å². The van der Waals surface area contributed by atoms with E-state index in [0.717, 1.165) is 36.0 Å². The molecule has 0 aliphatic heterocycles. The molecule has 0 saturated heterocycles. The van der Waals surface area contributed by atoms with Crippen LogP contribution in [-0.4, -0.2) is 85.6 Å². The number of aliphatic carboxylic acids is 1. The van der Waals surface area contributed by atoms with Crippen LogP contribution in [0.2, 0.25) is 0 Å². The maximum absolute atomic E-state index is 13.6. The van der Waals surface area contributed by atoms with Gasteiger partial charge in [0.15, 0.2) is 0 Å². The summed E-state index contributed by atoms with van der Waals surface area (Å²) in [7, 11) is 0.385. The van der Waals surface area contributed by atoms with E-state index in [2.05, 4.69) is 5.32 Å². The Bertz CT molecular complexity index is 1310. The first-order chi connectivity index (χ1) is 20.5. The first-order valence-electron chi connectivity index (χ1n) is 15.4. The highest BCUT2D eigenvalue weighted by Crippen LogP contribution is 2.30. The predicted molar refractivity (Wildman–Crippen MR) is 177 cm³/mol. The average Bonchev–Trinajstić information content (AvgIpc) is 2.97. The third-order valence-electron chi connectivity index (χ3n) is 8.25. The summed E-state index contributed by atoms with van der Waals surface area (Å²) in [5, 5.41) is 12.4. The largest absolute Gasteiger partial charge is 0.480 e. The van der Waals surface area contributed by atoms with Crippen LogP contribution in [0.4, 0.5) is 0 Å². The highest BCUT2D eigenvalue weighted by molar-refractivity contribution is 7.98. The van der Waals surface area contributed by atoms with Gasteiger partial charge in [-0.3, -0.25) is 4.79 Å². The summed E-state index contributed by atoms with van der Waals surface area (Å²) in [5.41, 5.74) is 3.66.